The fourth-order valence-electron chi connectivity index (χ4n) is 1.26. The van der Waals surface area contributed by atoms with E-state index in [1.165, 1.54) is 0 Å². The summed E-state index contributed by atoms with van der Waals surface area (Å²) in [5.41, 5.74) is 6.27. The maximum Gasteiger partial charge on any atom is 0.203 e. The molecule has 2 heterocycles. The van der Waals surface area contributed by atoms with E-state index < -0.39 is 0 Å². The van der Waals surface area contributed by atoms with E-state index in [1.807, 2.05) is 10.6 Å². The molecule has 2 N–H and O–H groups in total. The summed E-state index contributed by atoms with van der Waals surface area (Å²) in [4.78, 5) is 3.93. The first-order valence-electron chi connectivity index (χ1n) is 4.15. The lowest BCUT2D eigenvalue weighted by Crippen LogP contribution is -1.99. The van der Waals surface area contributed by atoms with Gasteiger partial charge in [0.15, 0.2) is 5.82 Å². The number of fused-ring (bicyclic) bond motifs is 1. The highest BCUT2D eigenvalue weighted by molar-refractivity contribution is 5.58. The molecule has 0 saturated carbocycles. The van der Waals surface area contributed by atoms with Crippen molar-refractivity contribution in [2.75, 3.05) is 5.73 Å². The predicted octanol–water partition coefficient (Wildman–Crippen LogP) is 0.830. The molecule has 5 nitrogen and oxygen atoms in total. The SMILES string of the molecule is CC(C)c1nnc2c(N)nccn12. The molecular formula is C8H11N5. The topological polar surface area (TPSA) is 69.1 Å². The normalized spacial score (nSPS) is 11.3. The van der Waals surface area contributed by atoms with Crippen LogP contribution in [0.1, 0.15) is 25.6 Å². The molecule has 0 aromatic carbocycles. The van der Waals surface area contributed by atoms with E-state index in [2.05, 4.69) is 29.0 Å². The third-order valence-corrected chi connectivity index (χ3v) is 1.90. The molecule has 0 aliphatic heterocycles. The van der Waals surface area contributed by atoms with Crippen LogP contribution in [-0.4, -0.2) is 19.6 Å². The number of rotatable bonds is 1. The molecule has 2 aromatic rings. The molecular weight excluding hydrogens is 166 g/mol. The predicted molar refractivity (Wildman–Crippen MR) is 49.3 cm³/mol. The molecule has 0 radical (unpaired) electrons. The zero-order chi connectivity index (χ0) is 9.42. The maximum atomic E-state index is 5.64. The summed E-state index contributed by atoms with van der Waals surface area (Å²) in [6, 6.07) is 0. The summed E-state index contributed by atoms with van der Waals surface area (Å²) in [7, 11) is 0. The molecule has 0 unspecified atom stereocenters. The summed E-state index contributed by atoms with van der Waals surface area (Å²) >= 11 is 0. The van der Waals surface area contributed by atoms with Gasteiger partial charge in [-0.25, -0.2) is 4.98 Å². The van der Waals surface area contributed by atoms with Gasteiger partial charge in [-0.2, -0.15) is 0 Å². The number of hydrogen-bond donors (Lipinski definition) is 1. The minimum absolute atomic E-state index is 0.330. The molecule has 0 atom stereocenters. The zero-order valence-corrected chi connectivity index (χ0v) is 7.60. The van der Waals surface area contributed by atoms with Crippen LogP contribution in [0.15, 0.2) is 12.4 Å². The van der Waals surface area contributed by atoms with Gasteiger partial charge >= 0.3 is 0 Å². The van der Waals surface area contributed by atoms with Gasteiger partial charge in [0.25, 0.3) is 0 Å². The van der Waals surface area contributed by atoms with Crippen molar-refractivity contribution in [2.24, 2.45) is 0 Å². The number of anilines is 1. The quantitative estimate of drug-likeness (QED) is 0.700. The standard InChI is InChI=1S/C8H11N5/c1-5(2)7-11-12-8-6(9)10-3-4-13(7)8/h3-5H,1-2H3,(H2,9,10). The molecule has 0 bridgehead atoms. The van der Waals surface area contributed by atoms with Crippen LogP contribution >= 0.6 is 0 Å². The Morgan fingerprint density at radius 3 is 2.85 bits per heavy atom. The smallest absolute Gasteiger partial charge is 0.203 e. The summed E-state index contributed by atoms with van der Waals surface area (Å²) in [6.45, 7) is 4.13. The minimum Gasteiger partial charge on any atom is -0.381 e. The Bertz CT molecular complexity index is 431. The average molecular weight is 177 g/mol. The molecule has 13 heavy (non-hydrogen) atoms. The van der Waals surface area contributed by atoms with Crippen molar-refractivity contribution in [3.8, 4) is 0 Å². The molecule has 2 rings (SSSR count). The highest BCUT2D eigenvalue weighted by Crippen LogP contribution is 2.15. The number of nitrogens with two attached hydrogens (primary N) is 1. The number of nitrogens with zero attached hydrogens (tertiary/aromatic N) is 4. The Hall–Kier alpha value is -1.65. The van der Waals surface area contributed by atoms with Crippen LogP contribution in [0.4, 0.5) is 5.82 Å². The van der Waals surface area contributed by atoms with Crippen LogP contribution < -0.4 is 5.73 Å². The first-order valence-corrected chi connectivity index (χ1v) is 4.15. The minimum atomic E-state index is 0.330. The molecule has 68 valence electrons. The largest absolute Gasteiger partial charge is 0.381 e. The average Bonchev–Trinajstić information content (AvgIpc) is 2.48. The third-order valence-electron chi connectivity index (χ3n) is 1.90. The number of aromatic nitrogens is 4. The van der Waals surface area contributed by atoms with Crippen LogP contribution in [0.5, 0.6) is 0 Å². The molecule has 5 heteroatoms. The summed E-state index contributed by atoms with van der Waals surface area (Å²) < 4.78 is 1.87. The van der Waals surface area contributed by atoms with Gasteiger partial charge in [0, 0.05) is 18.3 Å². The van der Waals surface area contributed by atoms with E-state index in [-0.39, 0.29) is 0 Å². The van der Waals surface area contributed by atoms with Gasteiger partial charge in [-0.3, -0.25) is 4.40 Å². The summed E-state index contributed by atoms with van der Waals surface area (Å²) in [5, 5.41) is 8.01. The second-order valence-electron chi connectivity index (χ2n) is 3.22. The molecule has 0 amide bonds. The van der Waals surface area contributed by atoms with E-state index in [9.17, 15) is 0 Å². The van der Waals surface area contributed by atoms with Crippen LogP contribution in [0.2, 0.25) is 0 Å². The molecule has 0 saturated heterocycles. The van der Waals surface area contributed by atoms with Crippen molar-refractivity contribution in [1.29, 1.82) is 0 Å². The van der Waals surface area contributed by atoms with Gasteiger partial charge in [0.1, 0.15) is 5.82 Å². The van der Waals surface area contributed by atoms with Crippen molar-refractivity contribution < 1.29 is 0 Å². The first kappa shape index (κ1) is 7.97. The highest BCUT2D eigenvalue weighted by Gasteiger charge is 2.10. The van der Waals surface area contributed by atoms with Crippen LogP contribution in [0.3, 0.4) is 0 Å². The van der Waals surface area contributed by atoms with Crippen molar-refractivity contribution in [2.45, 2.75) is 19.8 Å². The van der Waals surface area contributed by atoms with E-state index in [4.69, 9.17) is 5.73 Å². The maximum absolute atomic E-state index is 5.64. The van der Waals surface area contributed by atoms with E-state index in [0.717, 1.165) is 5.82 Å². The summed E-state index contributed by atoms with van der Waals surface area (Å²) in [5.74, 6) is 1.66. The van der Waals surface area contributed by atoms with Crippen LogP contribution in [0.25, 0.3) is 5.65 Å². The Morgan fingerprint density at radius 2 is 2.15 bits per heavy atom. The number of hydrogen-bond acceptors (Lipinski definition) is 4. The van der Waals surface area contributed by atoms with Gasteiger partial charge < -0.3 is 5.73 Å². The molecule has 0 aliphatic carbocycles. The second kappa shape index (κ2) is 2.69. The van der Waals surface area contributed by atoms with Crippen LogP contribution in [-0.2, 0) is 0 Å². The van der Waals surface area contributed by atoms with Gasteiger partial charge in [0.05, 0.1) is 0 Å². The fourth-order valence-corrected chi connectivity index (χ4v) is 1.26. The van der Waals surface area contributed by atoms with Crippen LogP contribution in [0, 0.1) is 0 Å². The molecule has 0 fully saturated rings. The summed E-state index contributed by atoms with van der Waals surface area (Å²) in [6.07, 6.45) is 3.47. The van der Waals surface area contributed by atoms with Crippen molar-refractivity contribution >= 4 is 11.5 Å². The number of nitrogen functional groups attached to an aromatic ring is 1. The van der Waals surface area contributed by atoms with Gasteiger partial charge in [-0.15, -0.1) is 10.2 Å². The fraction of sp³-hybridized carbons (Fsp3) is 0.375. The Balaban J connectivity index is 2.75. The van der Waals surface area contributed by atoms with E-state index in [0.29, 0.717) is 17.4 Å². The van der Waals surface area contributed by atoms with Crippen molar-refractivity contribution in [1.82, 2.24) is 19.6 Å². The lowest BCUT2D eigenvalue weighted by Gasteiger charge is -2.01. The Morgan fingerprint density at radius 1 is 1.38 bits per heavy atom. The lowest BCUT2D eigenvalue weighted by molar-refractivity contribution is 0.758. The van der Waals surface area contributed by atoms with Gasteiger partial charge in [0.2, 0.25) is 5.65 Å². The lowest BCUT2D eigenvalue weighted by atomic mass is 10.2. The van der Waals surface area contributed by atoms with Crippen molar-refractivity contribution in [3.05, 3.63) is 18.2 Å². The first-order chi connectivity index (χ1) is 6.20. The monoisotopic (exact) mass is 177 g/mol. The second-order valence-corrected chi connectivity index (χ2v) is 3.22. The highest BCUT2D eigenvalue weighted by atomic mass is 15.3. The molecule has 0 spiro atoms. The van der Waals surface area contributed by atoms with Gasteiger partial charge in [-0.1, -0.05) is 13.8 Å². The van der Waals surface area contributed by atoms with Crippen molar-refractivity contribution in [3.63, 3.8) is 0 Å². The van der Waals surface area contributed by atoms with E-state index in [1.54, 1.807) is 6.20 Å². The Labute approximate surface area is 75.6 Å². The molecule has 0 aliphatic rings. The Kier molecular flexibility index (Phi) is 1.65. The van der Waals surface area contributed by atoms with Gasteiger partial charge in [-0.05, 0) is 0 Å². The zero-order valence-electron chi connectivity index (χ0n) is 7.60. The molecule has 2 aromatic heterocycles. The van der Waals surface area contributed by atoms with E-state index >= 15 is 0 Å². The third kappa shape index (κ3) is 1.12.